The average Bonchev–Trinajstić information content (AvgIpc) is 3.30. The highest BCUT2D eigenvalue weighted by atomic mass is 16.5. The minimum Gasteiger partial charge on any atom is -0.481 e. The van der Waals surface area contributed by atoms with Crippen molar-refractivity contribution in [1.29, 1.82) is 0 Å². The van der Waals surface area contributed by atoms with Crippen LogP contribution in [0.25, 0.3) is 5.78 Å². The number of hydrogen-bond donors (Lipinski definition) is 0. The third-order valence-corrected chi connectivity index (χ3v) is 4.71. The van der Waals surface area contributed by atoms with E-state index in [2.05, 4.69) is 15.1 Å². The first-order valence-electron chi connectivity index (χ1n) is 8.28. The van der Waals surface area contributed by atoms with Crippen molar-refractivity contribution in [2.75, 3.05) is 13.7 Å². The van der Waals surface area contributed by atoms with Crippen molar-refractivity contribution in [2.24, 2.45) is 7.05 Å². The molecular weight excluding hydrogens is 320 g/mol. The maximum Gasteiger partial charge on any atom is 0.274 e. The van der Waals surface area contributed by atoms with Crippen molar-refractivity contribution in [1.82, 2.24) is 29.0 Å². The van der Waals surface area contributed by atoms with Gasteiger partial charge in [-0.05, 0) is 25.8 Å². The van der Waals surface area contributed by atoms with Gasteiger partial charge in [-0.2, -0.15) is 5.10 Å². The zero-order valence-corrected chi connectivity index (χ0v) is 14.5. The Hall–Kier alpha value is -2.90. The summed E-state index contributed by atoms with van der Waals surface area (Å²) in [7, 11) is 3.49. The molecule has 1 fully saturated rings. The Kier molecular flexibility index (Phi) is 3.67. The lowest BCUT2D eigenvalue weighted by atomic mass is 10.0. The fourth-order valence-electron chi connectivity index (χ4n) is 3.67. The van der Waals surface area contributed by atoms with Gasteiger partial charge >= 0.3 is 0 Å². The maximum absolute atomic E-state index is 13.1. The predicted octanol–water partition coefficient (Wildman–Crippen LogP) is 1.76. The van der Waals surface area contributed by atoms with Gasteiger partial charge in [0.05, 0.1) is 24.4 Å². The van der Waals surface area contributed by atoms with Gasteiger partial charge in [0.2, 0.25) is 11.7 Å². The quantitative estimate of drug-likeness (QED) is 0.726. The van der Waals surface area contributed by atoms with Gasteiger partial charge in [-0.3, -0.25) is 9.20 Å². The largest absolute Gasteiger partial charge is 0.481 e. The molecule has 1 saturated heterocycles. The molecule has 0 bridgehead atoms. The number of hydrogen-bond acceptors (Lipinski definition) is 5. The van der Waals surface area contributed by atoms with E-state index < -0.39 is 0 Å². The van der Waals surface area contributed by atoms with Crippen LogP contribution >= 0.6 is 0 Å². The van der Waals surface area contributed by atoms with Crippen molar-refractivity contribution >= 4 is 11.7 Å². The van der Waals surface area contributed by atoms with Gasteiger partial charge in [0.15, 0.2) is 0 Å². The van der Waals surface area contributed by atoms with E-state index in [1.54, 1.807) is 28.6 Å². The molecule has 1 amide bonds. The monoisotopic (exact) mass is 340 g/mol. The first-order valence-corrected chi connectivity index (χ1v) is 8.28. The molecule has 0 aromatic carbocycles. The van der Waals surface area contributed by atoms with E-state index in [1.165, 1.54) is 0 Å². The zero-order valence-electron chi connectivity index (χ0n) is 14.5. The van der Waals surface area contributed by atoms with Gasteiger partial charge in [-0.1, -0.05) is 0 Å². The summed E-state index contributed by atoms with van der Waals surface area (Å²) in [6.45, 7) is 2.65. The van der Waals surface area contributed by atoms with Crippen LogP contribution in [0.5, 0.6) is 5.88 Å². The Labute approximate surface area is 145 Å². The molecule has 0 N–H and O–H groups in total. The van der Waals surface area contributed by atoms with Crippen molar-refractivity contribution < 1.29 is 9.53 Å². The van der Waals surface area contributed by atoms with Crippen LogP contribution in [-0.2, 0) is 7.05 Å². The molecule has 1 atom stereocenters. The van der Waals surface area contributed by atoms with Crippen molar-refractivity contribution in [3.63, 3.8) is 0 Å². The first kappa shape index (κ1) is 15.6. The number of aromatic nitrogens is 5. The number of fused-ring (bicyclic) bond motifs is 1. The van der Waals surface area contributed by atoms with E-state index in [0.717, 1.165) is 24.1 Å². The first-order chi connectivity index (χ1) is 12.1. The van der Waals surface area contributed by atoms with Crippen molar-refractivity contribution in [3.8, 4) is 5.88 Å². The molecule has 4 rings (SSSR count). The molecule has 25 heavy (non-hydrogen) atoms. The van der Waals surface area contributed by atoms with E-state index in [0.29, 0.717) is 23.9 Å². The minimum absolute atomic E-state index is 0.0473. The molecule has 8 nitrogen and oxygen atoms in total. The second kappa shape index (κ2) is 5.87. The SMILES string of the molecule is COc1c([C@H]2CCCN2C(=O)c2cn3cccnc3n2)c(C)nn1C. The number of likely N-dealkylation sites (tertiary alicyclic amines) is 1. The molecule has 0 spiro atoms. The van der Waals surface area contributed by atoms with Crippen LogP contribution < -0.4 is 4.74 Å². The summed E-state index contributed by atoms with van der Waals surface area (Å²) < 4.78 is 9.00. The maximum atomic E-state index is 13.1. The summed E-state index contributed by atoms with van der Waals surface area (Å²) in [6, 6.07) is 1.76. The van der Waals surface area contributed by atoms with Crippen LogP contribution in [0.3, 0.4) is 0 Å². The highest BCUT2D eigenvalue weighted by Gasteiger charge is 2.36. The van der Waals surface area contributed by atoms with Gasteiger partial charge in [-0.15, -0.1) is 0 Å². The molecule has 0 aliphatic carbocycles. The number of amides is 1. The number of ether oxygens (including phenoxy) is 1. The van der Waals surface area contributed by atoms with Gasteiger partial charge in [0.1, 0.15) is 5.69 Å². The van der Waals surface area contributed by atoms with E-state index in [9.17, 15) is 4.79 Å². The molecule has 0 saturated carbocycles. The molecule has 0 unspecified atom stereocenters. The topological polar surface area (TPSA) is 77.6 Å². The van der Waals surface area contributed by atoms with Crippen molar-refractivity contribution in [2.45, 2.75) is 25.8 Å². The highest BCUT2D eigenvalue weighted by molar-refractivity contribution is 5.93. The molecular formula is C17H20N6O2. The average molecular weight is 340 g/mol. The second-order valence-corrected chi connectivity index (χ2v) is 6.24. The molecule has 4 heterocycles. The van der Waals surface area contributed by atoms with Crippen molar-refractivity contribution in [3.05, 3.63) is 41.6 Å². The molecule has 8 heteroatoms. The van der Waals surface area contributed by atoms with Gasteiger partial charge in [0, 0.05) is 32.2 Å². The fourth-order valence-corrected chi connectivity index (χ4v) is 3.67. The van der Waals surface area contributed by atoms with E-state index in [-0.39, 0.29) is 11.9 Å². The molecule has 130 valence electrons. The lowest BCUT2D eigenvalue weighted by molar-refractivity contribution is 0.0728. The Morgan fingerprint density at radius 2 is 2.24 bits per heavy atom. The summed E-state index contributed by atoms with van der Waals surface area (Å²) in [5.74, 6) is 1.15. The molecule has 0 radical (unpaired) electrons. The Bertz CT molecular complexity index is 911. The normalized spacial score (nSPS) is 17.4. The summed E-state index contributed by atoms with van der Waals surface area (Å²) in [4.78, 5) is 23.5. The third kappa shape index (κ3) is 2.45. The lowest BCUT2D eigenvalue weighted by Gasteiger charge is -2.24. The summed E-state index contributed by atoms with van der Waals surface area (Å²) in [6.07, 6.45) is 7.06. The lowest BCUT2D eigenvalue weighted by Crippen LogP contribution is -2.31. The van der Waals surface area contributed by atoms with Crippen LogP contribution in [0.2, 0.25) is 0 Å². The molecule has 1 aliphatic rings. The molecule has 1 aliphatic heterocycles. The van der Waals surface area contributed by atoms with Crippen LogP contribution in [-0.4, -0.2) is 48.6 Å². The standard InChI is InChI=1S/C17H20N6O2/c1-11-14(16(25-3)21(2)20-11)13-6-4-9-23(13)15(24)12-10-22-8-5-7-18-17(22)19-12/h5,7-8,10,13H,4,6,9H2,1-3H3/t13-/m1/s1. The van der Waals surface area contributed by atoms with Gasteiger partial charge in [-0.25, -0.2) is 14.6 Å². The smallest absolute Gasteiger partial charge is 0.274 e. The Morgan fingerprint density at radius 1 is 1.40 bits per heavy atom. The summed E-state index contributed by atoms with van der Waals surface area (Å²) in [5, 5.41) is 4.45. The Morgan fingerprint density at radius 3 is 3.00 bits per heavy atom. The predicted molar refractivity (Wildman–Crippen MR) is 90.5 cm³/mol. The van der Waals surface area contributed by atoms with Gasteiger partial charge < -0.3 is 9.64 Å². The second-order valence-electron chi connectivity index (χ2n) is 6.24. The number of carbonyl (C=O) groups excluding carboxylic acids is 1. The summed E-state index contributed by atoms with van der Waals surface area (Å²) in [5.41, 5.74) is 2.28. The molecule has 3 aromatic rings. The number of nitrogens with zero attached hydrogens (tertiary/aromatic N) is 6. The third-order valence-electron chi connectivity index (χ3n) is 4.71. The van der Waals surface area contributed by atoms with E-state index >= 15 is 0 Å². The number of carbonyl (C=O) groups is 1. The number of aryl methyl sites for hydroxylation is 2. The van der Waals surface area contributed by atoms with Crippen LogP contribution in [0, 0.1) is 6.92 Å². The zero-order chi connectivity index (χ0) is 17.6. The number of imidazole rings is 1. The van der Waals surface area contributed by atoms with Gasteiger partial charge in [0.25, 0.3) is 5.91 Å². The van der Waals surface area contributed by atoms with Crippen LogP contribution in [0.4, 0.5) is 0 Å². The minimum atomic E-state index is -0.0849. The highest BCUT2D eigenvalue weighted by Crippen LogP contribution is 2.39. The van der Waals surface area contributed by atoms with Crippen LogP contribution in [0.15, 0.2) is 24.7 Å². The number of rotatable bonds is 3. The number of methoxy groups -OCH3 is 1. The van der Waals surface area contributed by atoms with E-state index in [1.807, 2.05) is 31.1 Å². The fraction of sp³-hybridized carbons (Fsp3) is 0.412. The molecule has 3 aromatic heterocycles. The van der Waals surface area contributed by atoms with E-state index in [4.69, 9.17) is 4.74 Å². The van der Waals surface area contributed by atoms with Crippen LogP contribution in [0.1, 0.15) is 40.6 Å². The summed E-state index contributed by atoms with van der Waals surface area (Å²) >= 11 is 0. The Balaban J connectivity index is 1.71.